The molecule has 3 aromatic rings. The summed E-state index contributed by atoms with van der Waals surface area (Å²) in [6.45, 7) is 0. The van der Waals surface area contributed by atoms with Crippen LogP contribution in [0.1, 0.15) is 24.3 Å². The smallest absolute Gasteiger partial charge is 0.253 e. The highest BCUT2D eigenvalue weighted by atomic mass is 35.5. The van der Waals surface area contributed by atoms with Crippen LogP contribution in [0.25, 0.3) is 0 Å². The molecule has 0 radical (unpaired) electrons. The Kier molecular flexibility index (Phi) is 7.83. The van der Waals surface area contributed by atoms with Crippen molar-refractivity contribution in [2.75, 3.05) is 38.1 Å². The molecule has 6 unspecified atom stereocenters. The van der Waals surface area contributed by atoms with Crippen molar-refractivity contribution in [2.24, 2.45) is 28.0 Å². The van der Waals surface area contributed by atoms with E-state index in [0.29, 0.717) is 28.2 Å². The van der Waals surface area contributed by atoms with Gasteiger partial charge < -0.3 is 14.7 Å². The summed E-state index contributed by atoms with van der Waals surface area (Å²) in [7, 11) is 6.66. The van der Waals surface area contributed by atoms with E-state index in [9.17, 15) is 24.3 Å². The van der Waals surface area contributed by atoms with Crippen molar-refractivity contribution in [3.05, 3.63) is 83.9 Å². The molecular weight excluding hydrogens is 669 g/mol. The van der Waals surface area contributed by atoms with Crippen molar-refractivity contribution >= 4 is 69.6 Å². The topological polar surface area (TPSA) is 132 Å². The van der Waals surface area contributed by atoms with Crippen LogP contribution in [-0.4, -0.2) is 71.6 Å². The molecule has 11 nitrogen and oxygen atoms in total. The number of methoxy groups -OCH3 is 1. The van der Waals surface area contributed by atoms with Gasteiger partial charge in [-0.2, -0.15) is 10.2 Å². The minimum absolute atomic E-state index is 0.0734. The van der Waals surface area contributed by atoms with Crippen molar-refractivity contribution < 1.29 is 29.0 Å². The second-order valence-electron chi connectivity index (χ2n) is 13.1. The van der Waals surface area contributed by atoms with Gasteiger partial charge in [-0.3, -0.25) is 29.0 Å². The number of benzene rings is 3. The fraction of sp³-hybridized carbons (Fsp3) is 0.333. The number of likely N-dealkylation sites (tertiary alicyclic amines) is 1. The SMILES string of the molecule is COc1cc(O)ccc1C1C2=CCC3C(=O)N(c4ccc(N=Nc5ccc(N(C)C)cc5)cc4)C(=O)C3C2CC2(Cl)C(=O)N(C)C(=O)C12Cl. The Hall–Kier alpha value is -4.74. The lowest BCUT2D eigenvalue weighted by atomic mass is 9.56. The minimum atomic E-state index is -1.95. The predicted molar refractivity (Wildman–Crippen MR) is 184 cm³/mol. The summed E-state index contributed by atoms with van der Waals surface area (Å²) >= 11 is 14.5. The molecule has 0 spiro atoms. The van der Waals surface area contributed by atoms with Gasteiger partial charge in [0.05, 0.1) is 36.0 Å². The van der Waals surface area contributed by atoms with Crippen molar-refractivity contribution in [1.82, 2.24) is 4.90 Å². The van der Waals surface area contributed by atoms with E-state index in [1.54, 1.807) is 30.3 Å². The third-order valence-corrected chi connectivity index (χ3v) is 11.7. The van der Waals surface area contributed by atoms with Gasteiger partial charge in [0.15, 0.2) is 9.75 Å². The van der Waals surface area contributed by atoms with E-state index < -0.39 is 51.1 Å². The molecule has 1 saturated carbocycles. The van der Waals surface area contributed by atoms with E-state index >= 15 is 0 Å². The number of nitrogens with zero attached hydrogens (tertiary/aromatic N) is 5. The van der Waals surface area contributed by atoms with Gasteiger partial charge in [0.1, 0.15) is 11.5 Å². The van der Waals surface area contributed by atoms with Crippen LogP contribution in [0.15, 0.2) is 88.6 Å². The minimum Gasteiger partial charge on any atom is -0.508 e. The monoisotopic (exact) mass is 701 g/mol. The maximum Gasteiger partial charge on any atom is 0.253 e. The quantitative estimate of drug-likeness (QED) is 0.143. The van der Waals surface area contributed by atoms with Crippen molar-refractivity contribution in [3.8, 4) is 11.5 Å². The van der Waals surface area contributed by atoms with Crippen LogP contribution in [0.2, 0.25) is 0 Å². The highest BCUT2D eigenvalue weighted by molar-refractivity contribution is 6.53. The second kappa shape index (κ2) is 11.7. The number of carbonyl (C=O) groups is 4. The number of rotatable bonds is 6. The summed E-state index contributed by atoms with van der Waals surface area (Å²) in [4.78, 5) is 55.9. The molecule has 6 atom stereocenters. The van der Waals surface area contributed by atoms with E-state index in [1.807, 2.05) is 49.3 Å². The zero-order valence-corrected chi connectivity index (χ0v) is 28.6. The van der Waals surface area contributed by atoms with E-state index in [1.165, 1.54) is 31.2 Å². The number of anilines is 2. The average Bonchev–Trinajstić information content (AvgIpc) is 3.42. The summed E-state index contributed by atoms with van der Waals surface area (Å²) in [5.74, 6) is -5.22. The van der Waals surface area contributed by atoms with E-state index in [0.717, 1.165) is 10.6 Å². The summed E-state index contributed by atoms with van der Waals surface area (Å²) < 4.78 is 5.60. The first kappa shape index (κ1) is 32.8. The van der Waals surface area contributed by atoms with Gasteiger partial charge in [0, 0.05) is 44.4 Å². The number of allylic oxidation sites excluding steroid dienone is 2. The lowest BCUT2D eigenvalue weighted by molar-refractivity contribution is -0.138. The van der Waals surface area contributed by atoms with Crippen LogP contribution in [0.3, 0.4) is 0 Å². The Labute approximate surface area is 292 Å². The maximum absolute atomic E-state index is 14.3. The molecule has 252 valence electrons. The van der Waals surface area contributed by atoms with Gasteiger partial charge in [-0.25, -0.2) is 0 Å². The molecule has 3 fully saturated rings. The third kappa shape index (κ3) is 4.77. The third-order valence-electron chi connectivity index (χ3n) is 10.3. The molecule has 7 rings (SSSR count). The normalized spacial score (nSPS) is 29.2. The molecule has 4 amide bonds. The average molecular weight is 703 g/mol. The van der Waals surface area contributed by atoms with Crippen molar-refractivity contribution in [2.45, 2.75) is 28.5 Å². The first-order valence-corrected chi connectivity index (χ1v) is 16.5. The van der Waals surface area contributed by atoms with Gasteiger partial charge in [0.25, 0.3) is 11.8 Å². The second-order valence-corrected chi connectivity index (χ2v) is 14.3. The number of amides is 4. The standard InChI is InChI=1S/C36H33Cl2N5O6/c1-41(2)21-9-5-19(6-10-21)39-40-20-7-11-22(12-8-20)43-31(45)26-16-15-24-27(29(26)32(43)46)18-35(37)33(47)42(3)34(48)36(35,38)30(24)25-14-13-23(44)17-28(25)49-4/h5-15,17,26-27,29-30,44H,16,18H2,1-4H3. The van der Waals surface area contributed by atoms with Gasteiger partial charge in [-0.1, -0.05) is 17.7 Å². The molecule has 4 aliphatic rings. The molecule has 2 aliphatic heterocycles. The number of halogens is 2. The number of aromatic hydroxyl groups is 1. The van der Waals surface area contributed by atoms with Gasteiger partial charge >= 0.3 is 0 Å². The maximum atomic E-state index is 14.3. The lowest BCUT2D eigenvalue weighted by Crippen LogP contribution is -2.60. The lowest BCUT2D eigenvalue weighted by Gasteiger charge is -2.51. The molecule has 3 aromatic carbocycles. The fourth-order valence-corrected chi connectivity index (χ4v) is 8.89. The van der Waals surface area contributed by atoms with Crippen LogP contribution >= 0.6 is 23.2 Å². The summed E-state index contributed by atoms with van der Waals surface area (Å²) in [6, 6.07) is 18.7. The Morgan fingerprint density at radius 1 is 0.878 bits per heavy atom. The largest absolute Gasteiger partial charge is 0.508 e. The number of azo groups is 1. The van der Waals surface area contributed by atoms with E-state index in [4.69, 9.17) is 27.9 Å². The number of imide groups is 2. The summed E-state index contributed by atoms with van der Waals surface area (Å²) in [6.07, 6.45) is 1.94. The van der Waals surface area contributed by atoms with Crippen LogP contribution in [0.5, 0.6) is 11.5 Å². The van der Waals surface area contributed by atoms with Crippen LogP contribution < -0.4 is 14.5 Å². The van der Waals surface area contributed by atoms with Gasteiger partial charge in [0.2, 0.25) is 11.8 Å². The van der Waals surface area contributed by atoms with Crippen molar-refractivity contribution in [3.63, 3.8) is 0 Å². The highest BCUT2D eigenvalue weighted by Crippen LogP contribution is 2.66. The van der Waals surface area contributed by atoms with Gasteiger partial charge in [-0.15, -0.1) is 23.2 Å². The molecule has 2 heterocycles. The summed E-state index contributed by atoms with van der Waals surface area (Å²) in [5, 5.41) is 18.8. The van der Waals surface area contributed by atoms with Crippen LogP contribution in [-0.2, 0) is 19.2 Å². The van der Waals surface area contributed by atoms with Crippen LogP contribution in [0, 0.1) is 17.8 Å². The Morgan fingerprint density at radius 3 is 2.12 bits per heavy atom. The first-order valence-electron chi connectivity index (χ1n) is 15.8. The zero-order valence-electron chi connectivity index (χ0n) is 27.1. The number of hydrogen-bond acceptors (Lipinski definition) is 9. The number of fused-ring (bicyclic) bond motifs is 4. The van der Waals surface area contributed by atoms with Crippen LogP contribution in [0.4, 0.5) is 22.7 Å². The van der Waals surface area contributed by atoms with Crippen molar-refractivity contribution in [1.29, 1.82) is 0 Å². The molecule has 2 aliphatic carbocycles. The fourth-order valence-electron chi connectivity index (χ4n) is 7.88. The Bertz CT molecular complexity index is 1960. The predicted octanol–water partition coefficient (Wildman–Crippen LogP) is 6.08. The summed E-state index contributed by atoms with van der Waals surface area (Å²) in [5.41, 5.74) is 3.69. The number of carbonyl (C=O) groups excluding carboxylic acids is 4. The molecule has 2 saturated heterocycles. The highest BCUT2D eigenvalue weighted by Gasteiger charge is 2.76. The number of alkyl halides is 2. The first-order chi connectivity index (χ1) is 23.3. The molecule has 49 heavy (non-hydrogen) atoms. The van der Waals surface area contributed by atoms with Gasteiger partial charge in [-0.05, 0) is 73.4 Å². The van der Waals surface area contributed by atoms with E-state index in [2.05, 4.69) is 10.2 Å². The number of ether oxygens (including phenoxy) is 1. The van der Waals surface area contributed by atoms with E-state index in [-0.39, 0.29) is 30.2 Å². The molecular formula is C36H33Cl2N5O6. The number of phenolic OH excluding ortho intramolecular Hbond substituents is 1. The number of phenols is 1. The zero-order chi connectivity index (χ0) is 35.0. The Balaban J connectivity index is 1.22. The number of hydrogen-bond donors (Lipinski definition) is 1. The molecule has 0 bridgehead atoms. The molecule has 1 N–H and O–H groups in total. The molecule has 13 heteroatoms. The Morgan fingerprint density at radius 2 is 1.51 bits per heavy atom. The molecule has 0 aromatic heterocycles.